The van der Waals surface area contributed by atoms with E-state index in [2.05, 4.69) is 13.8 Å². The summed E-state index contributed by atoms with van der Waals surface area (Å²) in [6.45, 7) is 9.55. The zero-order valence-electron chi connectivity index (χ0n) is 5.72. The molecule has 0 bridgehead atoms. The average Bonchev–Trinajstić information content (AvgIpc) is 2.14. The van der Waals surface area contributed by atoms with Crippen LogP contribution in [-0.2, 0) is 0 Å². The van der Waals surface area contributed by atoms with Crippen LogP contribution in [0.4, 0.5) is 0 Å². The summed E-state index contributed by atoms with van der Waals surface area (Å²) < 4.78 is 4.90. The van der Waals surface area contributed by atoms with Gasteiger partial charge in [0, 0.05) is 6.92 Å². The molecular weight excluding hydrogens is 112 g/mol. The van der Waals surface area contributed by atoms with Crippen molar-refractivity contribution in [2.45, 2.75) is 19.8 Å². The van der Waals surface area contributed by atoms with Gasteiger partial charge in [0.1, 0.15) is 5.76 Å². The summed E-state index contributed by atoms with van der Waals surface area (Å²) in [5, 5.41) is 0. The molecule has 1 heterocycles. The van der Waals surface area contributed by atoms with Crippen LogP contribution < -0.4 is 0 Å². The fourth-order valence-electron chi connectivity index (χ4n) is 0.671. The lowest BCUT2D eigenvalue weighted by molar-refractivity contribution is 0.544. The highest BCUT2D eigenvalue weighted by Crippen LogP contribution is 2.16. The van der Waals surface area contributed by atoms with Crippen molar-refractivity contribution in [2.24, 2.45) is 0 Å². The second kappa shape index (κ2) is 2.26. The van der Waals surface area contributed by atoms with E-state index in [1.807, 2.05) is 6.07 Å². The highest BCUT2D eigenvalue weighted by molar-refractivity contribution is 5.17. The van der Waals surface area contributed by atoms with Crippen LogP contribution in [0.2, 0.25) is 0 Å². The van der Waals surface area contributed by atoms with E-state index in [9.17, 15) is 0 Å². The Kier molecular flexibility index (Phi) is 1.60. The highest BCUT2D eigenvalue weighted by Gasteiger charge is 2.00. The SMILES string of the molecule is [CH]c1cc(C(C)C)co1. The second-order valence-corrected chi connectivity index (χ2v) is 2.44. The Morgan fingerprint density at radius 1 is 1.56 bits per heavy atom. The van der Waals surface area contributed by atoms with Crippen LogP contribution in [0, 0.1) is 6.92 Å². The summed E-state index contributed by atoms with van der Waals surface area (Å²) in [5.74, 6) is 1.00. The van der Waals surface area contributed by atoms with Crippen LogP contribution in [0.1, 0.15) is 31.1 Å². The minimum absolute atomic E-state index is 0.499. The topological polar surface area (TPSA) is 13.1 Å². The van der Waals surface area contributed by atoms with E-state index in [0.29, 0.717) is 11.7 Å². The average molecular weight is 122 g/mol. The van der Waals surface area contributed by atoms with E-state index in [4.69, 9.17) is 11.3 Å². The van der Waals surface area contributed by atoms with Gasteiger partial charge in [0.25, 0.3) is 0 Å². The van der Waals surface area contributed by atoms with Crippen molar-refractivity contribution in [2.75, 3.05) is 0 Å². The lowest BCUT2D eigenvalue weighted by Gasteiger charge is -1.94. The lowest BCUT2D eigenvalue weighted by atomic mass is 10.1. The van der Waals surface area contributed by atoms with Gasteiger partial charge in [0.15, 0.2) is 0 Å². The maximum atomic E-state index is 5.35. The first-order chi connectivity index (χ1) is 4.20. The van der Waals surface area contributed by atoms with Crippen molar-refractivity contribution in [3.8, 4) is 0 Å². The number of rotatable bonds is 1. The van der Waals surface area contributed by atoms with Crippen LogP contribution in [0.5, 0.6) is 0 Å². The number of hydrogen-bond acceptors (Lipinski definition) is 1. The normalized spacial score (nSPS) is 10.7. The third-order valence-corrected chi connectivity index (χ3v) is 1.31. The molecule has 0 saturated carbocycles. The highest BCUT2D eigenvalue weighted by atomic mass is 16.3. The van der Waals surface area contributed by atoms with Gasteiger partial charge in [-0.2, -0.15) is 0 Å². The number of hydrogen-bond donors (Lipinski definition) is 0. The van der Waals surface area contributed by atoms with Gasteiger partial charge >= 0.3 is 0 Å². The Morgan fingerprint density at radius 2 is 2.22 bits per heavy atom. The van der Waals surface area contributed by atoms with E-state index in [1.54, 1.807) is 6.26 Å². The van der Waals surface area contributed by atoms with Crippen LogP contribution in [0.3, 0.4) is 0 Å². The summed E-state index contributed by atoms with van der Waals surface area (Å²) >= 11 is 0. The van der Waals surface area contributed by atoms with Gasteiger partial charge in [-0.15, -0.1) is 0 Å². The van der Waals surface area contributed by atoms with E-state index in [0.717, 1.165) is 5.56 Å². The van der Waals surface area contributed by atoms with E-state index in [1.165, 1.54) is 0 Å². The minimum Gasteiger partial charge on any atom is -0.469 e. The maximum Gasteiger partial charge on any atom is 0.108 e. The molecule has 1 heteroatoms. The molecule has 0 aromatic carbocycles. The molecule has 0 unspecified atom stereocenters. The van der Waals surface area contributed by atoms with Crippen molar-refractivity contribution in [3.05, 3.63) is 30.6 Å². The third kappa shape index (κ3) is 1.35. The molecule has 0 spiro atoms. The van der Waals surface area contributed by atoms with Crippen LogP contribution >= 0.6 is 0 Å². The molecule has 2 radical (unpaired) electrons. The Balaban J connectivity index is 2.85. The monoisotopic (exact) mass is 122 g/mol. The summed E-state index contributed by atoms with van der Waals surface area (Å²) in [6, 6.07) is 1.85. The molecule has 0 aliphatic rings. The van der Waals surface area contributed by atoms with Gasteiger partial charge in [-0.25, -0.2) is 0 Å². The fourth-order valence-corrected chi connectivity index (χ4v) is 0.671. The predicted octanol–water partition coefficient (Wildman–Crippen LogP) is 2.46. The van der Waals surface area contributed by atoms with Crippen LogP contribution in [-0.4, -0.2) is 0 Å². The Labute approximate surface area is 55.7 Å². The zero-order valence-corrected chi connectivity index (χ0v) is 5.72. The molecular formula is C8H10O. The van der Waals surface area contributed by atoms with Crippen LogP contribution in [0.15, 0.2) is 16.7 Å². The van der Waals surface area contributed by atoms with Crippen molar-refractivity contribution < 1.29 is 4.42 Å². The molecule has 48 valence electrons. The molecule has 0 saturated heterocycles. The zero-order chi connectivity index (χ0) is 6.85. The molecule has 0 aliphatic heterocycles. The Bertz CT molecular complexity index is 186. The molecule has 1 aromatic heterocycles. The van der Waals surface area contributed by atoms with Crippen molar-refractivity contribution >= 4 is 0 Å². The summed E-state index contributed by atoms with van der Waals surface area (Å²) in [6.07, 6.45) is 1.69. The van der Waals surface area contributed by atoms with E-state index in [-0.39, 0.29) is 0 Å². The molecule has 1 aromatic rings. The summed E-state index contributed by atoms with van der Waals surface area (Å²) in [7, 11) is 0. The molecule has 9 heavy (non-hydrogen) atoms. The Hall–Kier alpha value is -0.720. The first kappa shape index (κ1) is 6.40. The standard InChI is InChI=1S/C8H10O/c1-6(2)8-4-7(3)9-5-8/h3-6H,1-2H3. The molecule has 0 aliphatic carbocycles. The first-order valence-electron chi connectivity index (χ1n) is 3.04. The predicted molar refractivity (Wildman–Crippen MR) is 36.2 cm³/mol. The molecule has 0 fully saturated rings. The quantitative estimate of drug-likeness (QED) is 0.557. The van der Waals surface area contributed by atoms with Crippen molar-refractivity contribution in [1.29, 1.82) is 0 Å². The summed E-state index contributed by atoms with van der Waals surface area (Å²) in [4.78, 5) is 0. The minimum atomic E-state index is 0.499. The smallest absolute Gasteiger partial charge is 0.108 e. The van der Waals surface area contributed by atoms with Gasteiger partial charge in [-0.05, 0) is 17.5 Å². The molecule has 0 amide bonds. The molecule has 1 rings (SSSR count). The van der Waals surface area contributed by atoms with E-state index < -0.39 is 0 Å². The number of furan rings is 1. The lowest BCUT2D eigenvalue weighted by Crippen LogP contribution is -1.79. The fraction of sp³-hybridized carbons (Fsp3) is 0.375. The van der Waals surface area contributed by atoms with Gasteiger partial charge in [-0.3, -0.25) is 0 Å². The van der Waals surface area contributed by atoms with Gasteiger partial charge in [0.05, 0.1) is 6.26 Å². The van der Waals surface area contributed by atoms with E-state index >= 15 is 0 Å². The van der Waals surface area contributed by atoms with Crippen molar-refractivity contribution in [3.63, 3.8) is 0 Å². The Morgan fingerprint density at radius 3 is 2.44 bits per heavy atom. The molecule has 0 atom stereocenters. The van der Waals surface area contributed by atoms with Gasteiger partial charge in [-0.1, -0.05) is 13.8 Å². The summed E-state index contributed by atoms with van der Waals surface area (Å²) in [5.41, 5.74) is 1.16. The molecule has 1 nitrogen and oxygen atoms in total. The van der Waals surface area contributed by atoms with Crippen molar-refractivity contribution in [1.82, 2.24) is 0 Å². The maximum absolute atomic E-state index is 5.35. The third-order valence-electron chi connectivity index (χ3n) is 1.31. The largest absolute Gasteiger partial charge is 0.469 e. The second-order valence-electron chi connectivity index (χ2n) is 2.44. The van der Waals surface area contributed by atoms with Gasteiger partial charge < -0.3 is 4.42 Å². The first-order valence-corrected chi connectivity index (χ1v) is 3.04. The van der Waals surface area contributed by atoms with Gasteiger partial charge in [0.2, 0.25) is 0 Å². The molecule has 0 N–H and O–H groups in total. The van der Waals surface area contributed by atoms with Crippen LogP contribution in [0.25, 0.3) is 0 Å².